The van der Waals surface area contributed by atoms with Gasteiger partial charge in [0.25, 0.3) is 5.91 Å². The predicted molar refractivity (Wildman–Crippen MR) is 69.8 cm³/mol. The quantitative estimate of drug-likeness (QED) is 0.852. The molecule has 1 atom stereocenters. The number of benzene rings is 1. The molecule has 1 fully saturated rings. The molecule has 3 nitrogen and oxygen atoms in total. The molecule has 5 heteroatoms. The molecule has 2 rings (SSSR count). The van der Waals surface area contributed by atoms with E-state index in [1.54, 1.807) is 18.2 Å². The number of carbonyl (C=O) groups excluding carboxylic acids is 1. The van der Waals surface area contributed by atoms with Gasteiger partial charge in [-0.1, -0.05) is 23.2 Å². The second-order valence-electron chi connectivity index (χ2n) is 4.26. The molecule has 0 saturated carbocycles. The first-order valence-corrected chi connectivity index (χ1v) is 6.30. The largest absolute Gasteiger partial charge is 0.336 e. The summed E-state index contributed by atoms with van der Waals surface area (Å²) in [6.45, 7) is 4.31. The van der Waals surface area contributed by atoms with Crippen LogP contribution in [-0.2, 0) is 0 Å². The molecule has 0 unspecified atom stereocenters. The average Bonchev–Trinajstić information content (AvgIpc) is 2.26. The van der Waals surface area contributed by atoms with Crippen molar-refractivity contribution in [2.24, 2.45) is 0 Å². The molecule has 1 aliphatic heterocycles. The first-order chi connectivity index (χ1) is 8.06. The molecular formula is C12H14Cl2N2O. The van der Waals surface area contributed by atoms with E-state index in [0.29, 0.717) is 34.7 Å². The SMILES string of the molecule is C[C@H]1CN(C(=O)c2cc(Cl)cc(Cl)c2)CCN1. The summed E-state index contributed by atoms with van der Waals surface area (Å²) in [5.74, 6) is -0.0113. The molecule has 1 saturated heterocycles. The zero-order chi connectivity index (χ0) is 12.4. The van der Waals surface area contributed by atoms with Crippen LogP contribution >= 0.6 is 23.2 Å². The zero-order valence-electron chi connectivity index (χ0n) is 9.54. The van der Waals surface area contributed by atoms with Crippen LogP contribution in [0, 0.1) is 0 Å². The molecule has 1 amide bonds. The lowest BCUT2D eigenvalue weighted by Crippen LogP contribution is -2.51. The molecule has 1 aromatic carbocycles. The summed E-state index contributed by atoms with van der Waals surface area (Å²) in [6, 6.07) is 5.26. The number of piperazine rings is 1. The Morgan fingerprint density at radius 1 is 1.35 bits per heavy atom. The van der Waals surface area contributed by atoms with E-state index in [1.807, 2.05) is 4.90 Å². The maximum absolute atomic E-state index is 12.2. The third-order valence-corrected chi connectivity index (χ3v) is 3.20. The third-order valence-electron chi connectivity index (χ3n) is 2.77. The van der Waals surface area contributed by atoms with E-state index in [1.165, 1.54) is 0 Å². The Morgan fingerprint density at radius 2 is 2.00 bits per heavy atom. The van der Waals surface area contributed by atoms with Gasteiger partial charge in [0.15, 0.2) is 0 Å². The number of hydrogen-bond acceptors (Lipinski definition) is 2. The third kappa shape index (κ3) is 3.12. The number of carbonyl (C=O) groups is 1. The van der Waals surface area contributed by atoms with Gasteiger partial charge in [0.2, 0.25) is 0 Å². The first kappa shape index (κ1) is 12.7. The van der Waals surface area contributed by atoms with Gasteiger partial charge in [0, 0.05) is 41.3 Å². The van der Waals surface area contributed by atoms with Crippen molar-refractivity contribution in [1.29, 1.82) is 0 Å². The van der Waals surface area contributed by atoms with Crippen LogP contribution in [0.5, 0.6) is 0 Å². The molecule has 0 aliphatic carbocycles. The molecule has 0 aromatic heterocycles. The molecule has 0 spiro atoms. The van der Waals surface area contributed by atoms with Gasteiger partial charge in [0.1, 0.15) is 0 Å². The number of hydrogen-bond donors (Lipinski definition) is 1. The molecule has 1 N–H and O–H groups in total. The van der Waals surface area contributed by atoms with Crippen molar-refractivity contribution in [2.75, 3.05) is 19.6 Å². The highest BCUT2D eigenvalue weighted by Gasteiger charge is 2.21. The fraction of sp³-hybridized carbons (Fsp3) is 0.417. The molecule has 1 aliphatic rings. The van der Waals surface area contributed by atoms with Gasteiger partial charge in [-0.25, -0.2) is 0 Å². The number of nitrogens with one attached hydrogen (secondary N) is 1. The molecular weight excluding hydrogens is 259 g/mol. The van der Waals surface area contributed by atoms with Crippen molar-refractivity contribution >= 4 is 29.1 Å². The van der Waals surface area contributed by atoms with Crippen molar-refractivity contribution in [1.82, 2.24) is 10.2 Å². The topological polar surface area (TPSA) is 32.3 Å². The second kappa shape index (κ2) is 5.25. The van der Waals surface area contributed by atoms with Crippen LogP contribution in [0.4, 0.5) is 0 Å². The van der Waals surface area contributed by atoms with E-state index in [-0.39, 0.29) is 5.91 Å². The Labute approximate surface area is 111 Å². The molecule has 0 bridgehead atoms. The van der Waals surface area contributed by atoms with Crippen LogP contribution in [0.1, 0.15) is 17.3 Å². The first-order valence-electron chi connectivity index (χ1n) is 5.55. The van der Waals surface area contributed by atoms with Crippen molar-refractivity contribution in [3.05, 3.63) is 33.8 Å². The van der Waals surface area contributed by atoms with Gasteiger partial charge in [-0.2, -0.15) is 0 Å². The Balaban J connectivity index is 2.18. The number of nitrogens with zero attached hydrogens (tertiary/aromatic N) is 1. The Kier molecular flexibility index (Phi) is 3.92. The van der Waals surface area contributed by atoms with Crippen LogP contribution in [-0.4, -0.2) is 36.5 Å². The standard InChI is InChI=1S/C12H14Cl2N2O/c1-8-7-16(3-2-15-8)12(17)9-4-10(13)6-11(14)5-9/h4-6,8,15H,2-3,7H2,1H3/t8-/m0/s1. The van der Waals surface area contributed by atoms with E-state index in [2.05, 4.69) is 12.2 Å². The minimum atomic E-state index is -0.0113. The van der Waals surface area contributed by atoms with E-state index in [9.17, 15) is 4.79 Å². The van der Waals surface area contributed by atoms with E-state index >= 15 is 0 Å². The summed E-state index contributed by atoms with van der Waals surface area (Å²) in [5, 5.41) is 4.27. The molecule has 17 heavy (non-hydrogen) atoms. The van der Waals surface area contributed by atoms with Crippen LogP contribution < -0.4 is 5.32 Å². The molecule has 92 valence electrons. The van der Waals surface area contributed by atoms with E-state index in [0.717, 1.165) is 6.54 Å². The normalized spacial score (nSPS) is 20.4. The Bertz CT molecular complexity index is 416. The van der Waals surface area contributed by atoms with Crippen LogP contribution in [0.15, 0.2) is 18.2 Å². The number of halogens is 2. The fourth-order valence-corrected chi connectivity index (χ4v) is 2.50. The van der Waals surface area contributed by atoms with Crippen molar-refractivity contribution in [3.8, 4) is 0 Å². The van der Waals surface area contributed by atoms with Crippen molar-refractivity contribution in [2.45, 2.75) is 13.0 Å². The Hall–Kier alpha value is -0.770. The predicted octanol–water partition coefficient (Wildman–Crippen LogP) is 2.43. The maximum Gasteiger partial charge on any atom is 0.254 e. The molecule has 1 aromatic rings. The number of amides is 1. The highest BCUT2D eigenvalue weighted by molar-refractivity contribution is 6.35. The van der Waals surface area contributed by atoms with E-state index in [4.69, 9.17) is 23.2 Å². The summed E-state index contributed by atoms with van der Waals surface area (Å²) in [5.41, 5.74) is 0.552. The highest BCUT2D eigenvalue weighted by atomic mass is 35.5. The minimum absolute atomic E-state index is 0.0113. The summed E-state index contributed by atoms with van der Waals surface area (Å²) in [6.07, 6.45) is 0. The maximum atomic E-state index is 12.2. The molecule has 1 heterocycles. The monoisotopic (exact) mass is 272 g/mol. The van der Waals surface area contributed by atoms with Crippen LogP contribution in [0.3, 0.4) is 0 Å². The highest BCUT2D eigenvalue weighted by Crippen LogP contribution is 2.20. The van der Waals surface area contributed by atoms with Crippen LogP contribution in [0.2, 0.25) is 10.0 Å². The van der Waals surface area contributed by atoms with Crippen molar-refractivity contribution in [3.63, 3.8) is 0 Å². The van der Waals surface area contributed by atoms with Gasteiger partial charge in [0.05, 0.1) is 0 Å². The van der Waals surface area contributed by atoms with Gasteiger partial charge in [-0.15, -0.1) is 0 Å². The van der Waals surface area contributed by atoms with Gasteiger partial charge in [-0.3, -0.25) is 4.79 Å². The van der Waals surface area contributed by atoms with Crippen molar-refractivity contribution < 1.29 is 4.79 Å². The van der Waals surface area contributed by atoms with E-state index < -0.39 is 0 Å². The minimum Gasteiger partial charge on any atom is -0.336 e. The summed E-state index contributed by atoms with van der Waals surface area (Å²) in [4.78, 5) is 14.1. The summed E-state index contributed by atoms with van der Waals surface area (Å²) in [7, 11) is 0. The average molecular weight is 273 g/mol. The lowest BCUT2D eigenvalue weighted by molar-refractivity contribution is 0.0709. The summed E-state index contributed by atoms with van der Waals surface area (Å²) >= 11 is 11.8. The lowest BCUT2D eigenvalue weighted by atomic mass is 10.1. The van der Waals surface area contributed by atoms with Gasteiger partial charge < -0.3 is 10.2 Å². The smallest absolute Gasteiger partial charge is 0.254 e. The van der Waals surface area contributed by atoms with Gasteiger partial charge in [-0.05, 0) is 25.1 Å². The molecule has 0 radical (unpaired) electrons. The van der Waals surface area contributed by atoms with Crippen LogP contribution in [0.25, 0.3) is 0 Å². The zero-order valence-corrected chi connectivity index (χ0v) is 11.1. The fourth-order valence-electron chi connectivity index (χ4n) is 1.98. The second-order valence-corrected chi connectivity index (χ2v) is 5.14. The Morgan fingerprint density at radius 3 is 2.59 bits per heavy atom. The number of rotatable bonds is 1. The lowest BCUT2D eigenvalue weighted by Gasteiger charge is -2.32. The van der Waals surface area contributed by atoms with Gasteiger partial charge >= 0.3 is 0 Å². The summed E-state index contributed by atoms with van der Waals surface area (Å²) < 4.78 is 0.